The van der Waals surface area contributed by atoms with E-state index in [4.69, 9.17) is 0 Å². The van der Waals surface area contributed by atoms with E-state index in [1.165, 1.54) is 0 Å². The first-order valence-electron chi connectivity index (χ1n) is 5.11. The van der Waals surface area contributed by atoms with Crippen molar-refractivity contribution in [1.29, 1.82) is 0 Å². The Labute approximate surface area is 90.3 Å². The van der Waals surface area contributed by atoms with Gasteiger partial charge < -0.3 is 0 Å². The van der Waals surface area contributed by atoms with Crippen LogP contribution in [0.1, 0.15) is 39.2 Å². The number of aromatic nitrogens is 2. The second-order valence-corrected chi connectivity index (χ2v) is 7.17. The maximum Gasteiger partial charge on any atom is 0.256 e. The summed E-state index contributed by atoms with van der Waals surface area (Å²) in [4.78, 5) is 0. The van der Waals surface area contributed by atoms with Gasteiger partial charge >= 0.3 is 0 Å². The quantitative estimate of drug-likeness (QED) is 0.771. The van der Waals surface area contributed by atoms with E-state index in [1.54, 1.807) is 12.4 Å². The van der Waals surface area contributed by atoms with Gasteiger partial charge in [0, 0.05) is 6.20 Å². The molecule has 2 rings (SSSR count). The van der Waals surface area contributed by atoms with Crippen molar-refractivity contribution in [3.8, 4) is 0 Å². The molecule has 0 amide bonds. The first-order chi connectivity index (χ1) is 6.82. The zero-order chi connectivity index (χ0) is 11.3. The van der Waals surface area contributed by atoms with Gasteiger partial charge in [0.1, 0.15) is 0 Å². The summed E-state index contributed by atoms with van der Waals surface area (Å²) in [5.74, 6) is 0. The van der Waals surface area contributed by atoms with E-state index >= 15 is 0 Å². The molecule has 1 aromatic heterocycles. The van der Waals surface area contributed by atoms with Gasteiger partial charge in [0.15, 0.2) is 0 Å². The van der Waals surface area contributed by atoms with Gasteiger partial charge in [0.2, 0.25) is 0 Å². The molecule has 0 atom stereocenters. The zero-order valence-electron chi connectivity index (χ0n) is 9.27. The van der Waals surface area contributed by atoms with Crippen LogP contribution in [0, 0.1) is 0 Å². The van der Waals surface area contributed by atoms with Crippen molar-refractivity contribution >= 4 is 10.0 Å². The monoisotopic (exact) mass is 228 g/mol. The summed E-state index contributed by atoms with van der Waals surface area (Å²) in [6.07, 6.45) is 4.81. The third-order valence-corrected chi connectivity index (χ3v) is 4.67. The summed E-state index contributed by atoms with van der Waals surface area (Å²) in [7, 11) is -3.20. The molecule has 1 aliphatic carbocycles. The van der Waals surface area contributed by atoms with Gasteiger partial charge in [0.25, 0.3) is 10.0 Å². The maximum atomic E-state index is 11.8. The number of hydrogen-bond donors (Lipinski definition) is 0. The Morgan fingerprint density at radius 3 is 2.40 bits per heavy atom. The Hall–Kier alpha value is -0.840. The highest BCUT2D eigenvalue weighted by Gasteiger charge is 2.37. The molecule has 0 bridgehead atoms. The van der Waals surface area contributed by atoms with Crippen LogP contribution in [0.5, 0.6) is 0 Å². The van der Waals surface area contributed by atoms with Crippen LogP contribution >= 0.6 is 0 Å². The predicted molar refractivity (Wildman–Crippen MR) is 58.3 cm³/mol. The van der Waals surface area contributed by atoms with Crippen molar-refractivity contribution in [1.82, 2.24) is 9.19 Å². The van der Waals surface area contributed by atoms with E-state index in [0.717, 1.165) is 22.5 Å². The van der Waals surface area contributed by atoms with Crippen molar-refractivity contribution in [3.05, 3.63) is 18.0 Å². The van der Waals surface area contributed by atoms with Crippen molar-refractivity contribution in [2.75, 3.05) is 0 Å². The average Bonchev–Trinajstić information content (AvgIpc) is 2.80. The molecule has 1 aromatic rings. The lowest BCUT2D eigenvalue weighted by molar-refractivity contribution is 0.576. The minimum absolute atomic E-state index is 0.0582. The molecule has 0 N–H and O–H groups in total. The molecule has 0 saturated heterocycles. The highest BCUT2D eigenvalue weighted by Crippen LogP contribution is 2.30. The first-order valence-corrected chi connectivity index (χ1v) is 6.62. The lowest BCUT2D eigenvalue weighted by atomic mass is 9.90. The number of hydrogen-bond acceptors (Lipinski definition) is 3. The summed E-state index contributed by atoms with van der Waals surface area (Å²) in [5.41, 5.74) is 0.892. The second kappa shape index (κ2) is 3.07. The third-order valence-electron chi connectivity index (χ3n) is 2.63. The molecule has 1 saturated carbocycles. The Balaban J connectivity index is 2.35. The Kier molecular flexibility index (Phi) is 2.19. The Morgan fingerprint density at radius 1 is 1.40 bits per heavy atom. The maximum absolute atomic E-state index is 11.8. The molecular formula is C10H16N2O2S. The summed E-state index contributed by atoms with van der Waals surface area (Å²) in [6, 6.07) is 0. The fourth-order valence-corrected chi connectivity index (χ4v) is 2.83. The van der Waals surface area contributed by atoms with Gasteiger partial charge in [-0.05, 0) is 23.8 Å². The fourth-order valence-electron chi connectivity index (χ4n) is 1.35. The van der Waals surface area contributed by atoms with E-state index in [9.17, 15) is 8.42 Å². The van der Waals surface area contributed by atoms with Crippen molar-refractivity contribution in [3.63, 3.8) is 0 Å². The smallest absolute Gasteiger partial charge is 0.204 e. The summed E-state index contributed by atoms with van der Waals surface area (Å²) < 4.78 is 24.8. The molecule has 0 spiro atoms. The van der Waals surface area contributed by atoms with E-state index < -0.39 is 10.0 Å². The standard InChI is InChI=1S/C10H16N2O2S/c1-10(2,3)8-6-11-12(7-8)15(13,14)9-4-5-9/h6-7,9H,4-5H2,1-3H3. The lowest BCUT2D eigenvalue weighted by Gasteiger charge is -2.14. The van der Waals surface area contributed by atoms with Crippen LogP contribution in [0.3, 0.4) is 0 Å². The molecule has 1 heterocycles. The van der Waals surface area contributed by atoms with Crippen LogP contribution in [0.15, 0.2) is 12.4 Å². The Morgan fingerprint density at radius 2 is 2.00 bits per heavy atom. The van der Waals surface area contributed by atoms with E-state index in [1.807, 2.05) is 20.8 Å². The van der Waals surface area contributed by atoms with E-state index in [2.05, 4.69) is 5.10 Å². The molecule has 84 valence electrons. The molecule has 4 nitrogen and oxygen atoms in total. The molecule has 0 aliphatic heterocycles. The van der Waals surface area contributed by atoms with Gasteiger partial charge in [-0.1, -0.05) is 20.8 Å². The normalized spacial score (nSPS) is 18.1. The third kappa shape index (κ3) is 1.93. The average molecular weight is 228 g/mol. The minimum atomic E-state index is -3.20. The Bertz CT molecular complexity index is 464. The topological polar surface area (TPSA) is 52.0 Å². The van der Waals surface area contributed by atoms with Crippen LogP contribution in [0.2, 0.25) is 0 Å². The van der Waals surface area contributed by atoms with Gasteiger partial charge in [-0.15, -0.1) is 0 Å². The summed E-state index contributed by atoms with van der Waals surface area (Å²) in [6.45, 7) is 6.12. The van der Waals surface area contributed by atoms with Crippen LogP contribution in [-0.4, -0.2) is 22.9 Å². The predicted octanol–water partition coefficient (Wildman–Crippen LogP) is 1.52. The number of nitrogens with zero attached hydrogens (tertiary/aromatic N) is 2. The highest BCUT2D eigenvalue weighted by atomic mass is 32.2. The SMILES string of the molecule is CC(C)(C)c1cnn(S(=O)(=O)C2CC2)c1. The lowest BCUT2D eigenvalue weighted by Crippen LogP contribution is -2.18. The van der Waals surface area contributed by atoms with Crippen molar-refractivity contribution in [2.45, 2.75) is 44.3 Å². The van der Waals surface area contributed by atoms with E-state index in [0.29, 0.717) is 0 Å². The molecule has 1 fully saturated rings. The largest absolute Gasteiger partial charge is 0.256 e. The molecule has 0 radical (unpaired) electrons. The summed E-state index contributed by atoms with van der Waals surface area (Å²) in [5, 5.41) is 3.74. The van der Waals surface area contributed by atoms with E-state index in [-0.39, 0.29) is 10.7 Å². The van der Waals surface area contributed by atoms with Gasteiger partial charge in [-0.25, -0.2) is 8.42 Å². The molecule has 5 heteroatoms. The van der Waals surface area contributed by atoms with Crippen LogP contribution in [-0.2, 0) is 15.4 Å². The number of rotatable bonds is 2. The van der Waals surface area contributed by atoms with Gasteiger partial charge in [-0.2, -0.15) is 9.19 Å². The van der Waals surface area contributed by atoms with Crippen molar-refractivity contribution < 1.29 is 8.42 Å². The van der Waals surface area contributed by atoms with Crippen LogP contribution < -0.4 is 0 Å². The molecule has 1 aliphatic rings. The van der Waals surface area contributed by atoms with Crippen molar-refractivity contribution in [2.24, 2.45) is 0 Å². The fraction of sp³-hybridized carbons (Fsp3) is 0.700. The van der Waals surface area contributed by atoms with Gasteiger partial charge in [-0.3, -0.25) is 0 Å². The first kappa shape index (κ1) is 10.7. The zero-order valence-corrected chi connectivity index (χ0v) is 10.1. The minimum Gasteiger partial charge on any atom is -0.204 e. The summed E-state index contributed by atoms with van der Waals surface area (Å²) >= 11 is 0. The van der Waals surface area contributed by atoms with Crippen LogP contribution in [0.4, 0.5) is 0 Å². The molecule has 0 unspecified atom stereocenters. The van der Waals surface area contributed by atoms with Crippen LogP contribution in [0.25, 0.3) is 0 Å². The van der Waals surface area contributed by atoms with Gasteiger partial charge in [0.05, 0.1) is 11.4 Å². The molecule has 15 heavy (non-hydrogen) atoms. The second-order valence-electron chi connectivity index (χ2n) is 5.10. The highest BCUT2D eigenvalue weighted by molar-refractivity contribution is 7.90. The molecular weight excluding hydrogens is 212 g/mol. The molecule has 0 aromatic carbocycles.